The van der Waals surface area contributed by atoms with Gasteiger partial charge in [0.25, 0.3) is 5.91 Å². The minimum atomic E-state index is -0.0630. The van der Waals surface area contributed by atoms with E-state index in [9.17, 15) is 4.79 Å². The molecule has 0 aliphatic heterocycles. The zero-order chi connectivity index (χ0) is 18.3. The molecule has 0 N–H and O–H groups in total. The number of methoxy groups -OCH3 is 1. The summed E-state index contributed by atoms with van der Waals surface area (Å²) in [6.07, 6.45) is 0. The number of anilines is 1. The molecule has 4 nitrogen and oxygen atoms in total. The predicted molar refractivity (Wildman–Crippen MR) is 108 cm³/mol. The van der Waals surface area contributed by atoms with Gasteiger partial charge in [0.05, 0.1) is 17.5 Å². The van der Waals surface area contributed by atoms with Crippen LogP contribution in [0.15, 0.2) is 54.6 Å². The number of benzene rings is 2. The van der Waals surface area contributed by atoms with Crippen LogP contribution in [0.2, 0.25) is 5.02 Å². The second-order valence-corrected chi connectivity index (χ2v) is 7.26. The molecule has 0 aliphatic carbocycles. The van der Waals surface area contributed by atoms with Crippen LogP contribution in [0.4, 0.5) is 5.69 Å². The molecule has 26 heavy (non-hydrogen) atoms. The van der Waals surface area contributed by atoms with Crippen LogP contribution in [-0.4, -0.2) is 25.0 Å². The fourth-order valence-electron chi connectivity index (χ4n) is 2.84. The lowest BCUT2D eigenvalue weighted by Gasteiger charge is -2.15. The molecule has 0 unspecified atom stereocenters. The normalized spacial score (nSPS) is 11.0. The fraction of sp³-hybridized carbons (Fsp3) is 0.100. The summed E-state index contributed by atoms with van der Waals surface area (Å²) in [5.41, 5.74) is 1.52. The number of para-hydroxylation sites is 1. The third kappa shape index (κ3) is 2.79. The molecular formula is C20H15ClN2O2S. The lowest BCUT2D eigenvalue weighted by Crippen LogP contribution is -2.25. The largest absolute Gasteiger partial charge is 0.495 e. The van der Waals surface area contributed by atoms with Crippen LogP contribution in [0.25, 0.3) is 21.1 Å². The number of nitrogens with zero attached hydrogens (tertiary/aromatic N) is 2. The maximum atomic E-state index is 12.8. The van der Waals surface area contributed by atoms with E-state index >= 15 is 0 Å². The molecule has 4 rings (SSSR count). The number of pyridine rings is 1. The minimum absolute atomic E-state index is 0.0630. The SMILES string of the molecule is COc1ccc2cc3cc(C(=O)N(C)c4ccccc4)sc3nc2c1Cl. The lowest BCUT2D eigenvalue weighted by atomic mass is 10.2. The Bertz CT molecular complexity index is 1130. The van der Waals surface area contributed by atoms with Gasteiger partial charge in [0.1, 0.15) is 15.6 Å². The minimum Gasteiger partial charge on any atom is -0.495 e. The summed E-state index contributed by atoms with van der Waals surface area (Å²) in [4.78, 5) is 20.5. The second-order valence-electron chi connectivity index (χ2n) is 5.85. The zero-order valence-corrected chi connectivity index (χ0v) is 15.8. The molecule has 0 saturated heterocycles. The van der Waals surface area contributed by atoms with Crippen LogP contribution >= 0.6 is 22.9 Å². The zero-order valence-electron chi connectivity index (χ0n) is 14.2. The van der Waals surface area contributed by atoms with Crippen LogP contribution in [0, 0.1) is 0 Å². The number of carbonyl (C=O) groups is 1. The Morgan fingerprint density at radius 2 is 1.88 bits per heavy atom. The highest BCUT2D eigenvalue weighted by molar-refractivity contribution is 7.20. The highest BCUT2D eigenvalue weighted by Gasteiger charge is 2.18. The van der Waals surface area contributed by atoms with Crippen molar-refractivity contribution in [3.8, 4) is 5.75 Å². The van der Waals surface area contributed by atoms with Gasteiger partial charge in [0.15, 0.2) is 0 Å². The van der Waals surface area contributed by atoms with E-state index in [1.54, 1.807) is 19.1 Å². The summed E-state index contributed by atoms with van der Waals surface area (Å²) < 4.78 is 5.26. The van der Waals surface area contributed by atoms with Gasteiger partial charge in [-0.15, -0.1) is 11.3 Å². The smallest absolute Gasteiger partial charge is 0.268 e. The molecule has 0 saturated carbocycles. The van der Waals surface area contributed by atoms with Crippen molar-refractivity contribution < 1.29 is 9.53 Å². The fourth-order valence-corrected chi connectivity index (χ4v) is 4.13. The number of fused-ring (bicyclic) bond motifs is 2. The number of thiophene rings is 1. The molecular weight excluding hydrogens is 368 g/mol. The molecule has 2 heterocycles. The van der Waals surface area contributed by atoms with Crippen molar-refractivity contribution in [3.05, 3.63) is 64.5 Å². The summed E-state index contributed by atoms with van der Waals surface area (Å²) in [6.45, 7) is 0. The molecule has 0 radical (unpaired) electrons. The van der Waals surface area contributed by atoms with Crippen LogP contribution < -0.4 is 9.64 Å². The number of ether oxygens (including phenoxy) is 1. The number of rotatable bonds is 3. The summed E-state index contributed by atoms with van der Waals surface area (Å²) in [7, 11) is 3.35. The highest BCUT2D eigenvalue weighted by atomic mass is 35.5. The number of amides is 1. The standard InChI is InChI=1S/C20H15ClN2O2S/c1-23(14-6-4-3-5-7-14)20(24)16-11-13-10-12-8-9-15(25-2)17(21)18(12)22-19(13)26-16/h3-11H,1-2H3. The molecule has 130 valence electrons. The van der Waals surface area contributed by atoms with Gasteiger partial charge in [-0.05, 0) is 36.4 Å². The molecule has 1 amide bonds. The third-order valence-corrected chi connectivity index (χ3v) is 5.65. The number of halogens is 1. The van der Waals surface area contributed by atoms with Crippen LogP contribution in [0.3, 0.4) is 0 Å². The third-order valence-electron chi connectivity index (χ3n) is 4.26. The summed E-state index contributed by atoms with van der Waals surface area (Å²) >= 11 is 7.75. The van der Waals surface area contributed by atoms with E-state index in [-0.39, 0.29) is 5.91 Å². The maximum absolute atomic E-state index is 12.8. The Hall–Kier alpha value is -2.63. The van der Waals surface area contributed by atoms with E-state index in [4.69, 9.17) is 16.3 Å². The van der Waals surface area contributed by atoms with Crippen molar-refractivity contribution in [3.63, 3.8) is 0 Å². The van der Waals surface area contributed by atoms with E-state index in [2.05, 4.69) is 4.98 Å². The Morgan fingerprint density at radius 3 is 2.62 bits per heavy atom. The topological polar surface area (TPSA) is 42.4 Å². The predicted octanol–water partition coefficient (Wildman–Crippen LogP) is 5.39. The quantitative estimate of drug-likeness (QED) is 0.477. The van der Waals surface area contributed by atoms with Crippen molar-refractivity contribution >= 4 is 55.7 Å². The molecule has 0 fully saturated rings. The first-order valence-corrected chi connectivity index (χ1v) is 9.18. The monoisotopic (exact) mass is 382 g/mol. The van der Waals surface area contributed by atoms with Crippen molar-refractivity contribution in [2.75, 3.05) is 19.1 Å². The van der Waals surface area contributed by atoms with E-state index in [1.807, 2.05) is 54.6 Å². The van der Waals surface area contributed by atoms with E-state index in [0.717, 1.165) is 21.3 Å². The Kier molecular flexibility index (Phi) is 4.26. The van der Waals surface area contributed by atoms with Crippen molar-refractivity contribution in [2.24, 2.45) is 0 Å². The lowest BCUT2D eigenvalue weighted by molar-refractivity contribution is 0.0997. The Morgan fingerprint density at radius 1 is 1.12 bits per heavy atom. The summed E-state index contributed by atoms with van der Waals surface area (Å²) in [5, 5.41) is 2.32. The Balaban J connectivity index is 1.79. The average molecular weight is 383 g/mol. The van der Waals surface area contributed by atoms with Crippen molar-refractivity contribution in [1.29, 1.82) is 0 Å². The number of carbonyl (C=O) groups excluding carboxylic acids is 1. The molecule has 2 aromatic heterocycles. The van der Waals surface area contributed by atoms with Crippen LogP contribution in [-0.2, 0) is 0 Å². The van der Waals surface area contributed by atoms with Gasteiger partial charge < -0.3 is 9.64 Å². The van der Waals surface area contributed by atoms with Crippen molar-refractivity contribution in [2.45, 2.75) is 0 Å². The first kappa shape index (κ1) is 16.8. The van der Waals surface area contributed by atoms with E-state index in [0.29, 0.717) is 21.2 Å². The van der Waals surface area contributed by atoms with Gasteiger partial charge in [-0.1, -0.05) is 29.8 Å². The van der Waals surface area contributed by atoms with Gasteiger partial charge in [-0.25, -0.2) is 4.98 Å². The highest BCUT2D eigenvalue weighted by Crippen LogP contribution is 2.35. The molecule has 4 aromatic rings. The van der Waals surface area contributed by atoms with Crippen molar-refractivity contribution in [1.82, 2.24) is 4.98 Å². The van der Waals surface area contributed by atoms with Crippen LogP contribution in [0.1, 0.15) is 9.67 Å². The van der Waals surface area contributed by atoms with Gasteiger partial charge >= 0.3 is 0 Å². The molecule has 0 atom stereocenters. The number of aromatic nitrogens is 1. The summed E-state index contributed by atoms with van der Waals surface area (Å²) in [6, 6.07) is 17.2. The van der Waals surface area contributed by atoms with Gasteiger partial charge in [0.2, 0.25) is 0 Å². The van der Waals surface area contributed by atoms with Gasteiger partial charge in [-0.2, -0.15) is 0 Å². The Labute approximate surface area is 159 Å². The molecule has 0 bridgehead atoms. The average Bonchev–Trinajstić information content (AvgIpc) is 3.09. The molecule has 6 heteroatoms. The van der Waals surface area contributed by atoms with Gasteiger partial charge in [-0.3, -0.25) is 4.79 Å². The number of hydrogen-bond acceptors (Lipinski definition) is 4. The first-order chi connectivity index (χ1) is 12.6. The van der Waals surface area contributed by atoms with Gasteiger partial charge in [0, 0.05) is 23.5 Å². The first-order valence-electron chi connectivity index (χ1n) is 7.98. The second kappa shape index (κ2) is 6.59. The van der Waals surface area contributed by atoms with E-state index in [1.165, 1.54) is 11.3 Å². The number of hydrogen-bond donors (Lipinski definition) is 0. The molecule has 0 spiro atoms. The van der Waals surface area contributed by atoms with Crippen LogP contribution in [0.5, 0.6) is 5.75 Å². The molecule has 2 aromatic carbocycles. The van der Waals surface area contributed by atoms with E-state index < -0.39 is 0 Å². The maximum Gasteiger partial charge on any atom is 0.268 e. The molecule has 0 aliphatic rings. The summed E-state index contributed by atoms with van der Waals surface area (Å²) in [5.74, 6) is 0.523.